The van der Waals surface area contributed by atoms with Gasteiger partial charge >= 0.3 is 5.97 Å². The lowest BCUT2D eigenvalue weighted by Crippen LogP contribution is -2.07. The third-order valence-electron chi connectivity index (χ3n) is 4.21. The Hall–Kier alpha value is -3.19. The number of anilines is 2. The number of benzene rings is 1. The first-order chi connectivity index (χ1) is 13.6. The van der Waals surface area contributed by atoms with Crippen LogP contribution >= 0.6 is 11.3 Å². The van der Waals surface area contributed by atoms with E-state index in [1.807, 2.05) is 23.6 Å². The van der Waals surface area contributed by atoms with Crippen LogP contribution in [0.2, 0.25) is 0 Å². The van der Waals surface area contributed by atoms with Gasteiger partial charge in [-0.25, -0.2) is 14.8 Å². The molecule has 0 bridgehead atoms. The zero-order valence-corrected chi connectivity index (χ0v) is 16.5. The van der Waals surface area contributed by atoms with E-state index in [1.54, 1.807) is 23.5 Å². The van der Waals surface area contributed by atoms with Crippen LogP contribution in [0.15, 0.2) is 48.4 Å². The van der Waals surface area contributed by atoms with E-state index in [1.165, 1.54) is 13.2 Å². The number of rotatable bonds is 8. The molecule has 7 heteroatoms. The molecule has 0 saturated heterocycles. The van der Waals surface area contributed by atoms with Gasteiger partial charge in [0.15, 0.2) is 5.82 Å². The molecule has 0 aliphatic heterocycles. The van der Waals surface area contributed by atoms with E-state index < -0.39 is 5.97 Å². The largest absolute Gasteiger partial charge is 0.496 e. The average Bonchev–Trinajstić information content (AvgIpc) is 3.23. The van der Waals surface area contributed by atoms with E-state index in [0.717, 1.165) is 22.6 Å². The molecule has 3 aromatic rings. The predicted octanol–water partition coefficient (Wildman–Crippen LogP) is 4.95. The zero-order valence-electron chi connectivity index (χ0n) is 15.7. The lowest BCUT2D eigenvalue weighted by atomic mass is 10.1. The van der Waals surface area contributed by atoms with E-state index in [0.29, 0.717) is 23.8 Å². The van der Waals surface area contributed by atoms with E-state index >= 15 is 0 Å². The number of hydrogen-bond donors (Lipinski definition) is 2. The molecule has 1 aromatic carbocycles. The smallest absolute Gasteiger partial charge is 0.339 e. The highest BCUT2D eigenvalue weighted by Gasteiger charge is 2.16. The summed E-state index contributed by atoms with van der Waals surface area (Å²) < 4.78 is 5.22. The predicted molar refractivity (Wildman–Crippen MR) is 112 cm³/mol. The molecule has 0 amide bonds. The Balaban J connectivity index is 2.08. The van der Waals surface area contributed by atoms with Crippen LogP contribution in [0.4, 0.5) is 11.5 Å². The molecule has 0 atom stereocenters. The Morgan fingerprint density at radius 2 is 2.18 bits per heavy atom. The molecule has 0 fully saturated rings. The Morgan fingerprint density at radius 1 is 1.36 bits per heavy atom. The van der Waals surface area contributed by atoms with Crippen LogP contribution in [-0.4, -0.2) is 28.2 Å². The van der Waals surface area contributed by atoms with E-state index in [2.05, 4.69) is 18.8 Å². The summed E-state index contributed by atoms with van der Waals surface area (Å²) in [4.78, 5) is 21.8. The summed E-state index contributed by atoms with van der Waals surface area (Å²) in [6.07, 6.45) is 3.21. The molecule has 28 heavy (non-hydrogen) atoms. The van der Waals surface area contributed by atoms with Crippen molar-refractivity contribution in [3.63, 3.8) is 0 Å². The number of hydrogen-bond acceptors (Lipinski definition) is 6. The van der Waals surface area contributed by atoms with Gasteiger partial charge in [0, 0.05) is 23.0 Å². The van der Waals surface area contributed by atoms with Crippen LogP contribution in [-0.2, 0) is 12.8 Å². The van der Waals surface area contributed by atoms with Crippen molar-refractivity contribution in [2.45, 2.75) is 19.8 Å². The average molecular weight is 395 g/mol. The van der Waals surface area contributed by atoms with Crippen molar-refractivity contribution in [1.82, 2.24) is 9.97 Å². The molecule has 6 nitrogen and oxygen atoms in total. The highest BCUT2D eigenvalue weighted by molar-refractivity contribution is 7.13. The quantitative estimate of drug-likeness (QED) is 0.525. The first kappa shape index (κ1) is 19.6. The number of nitrogens with one attached hydrogen (secondary N) is 1. The first-order valence-electron chi connectivity index (χ1n) is 8.80. The monoisotopic (exact) mass is 395 g/mol. The summed E-state index contributed by atoms with van der Waals surface area (Å²) in [6, 6.07) is 8.82. The third kappa shape index (κ3) is 4.04. The lowest BCUT2D eigenvalue weighted by Gasteiger charge is -2.16. The maximum Gasteiger partial charge on any atom is 0.339 e. The number of aryl methyl sites for hydroxylation is 1. The van der Waals surface area contributed by atoms with Crippen LogP contribution in [0.1, 0.15) is 28.5 Å². The van der Waals surface area contributed by atoms with Crippen molar-refractivity contribution in [2.24, 2.45) is 0 Å². The molecule has 0 aliphatic carbocycles. The molecular formula is C21H21N3O3S. The fraction of sp³-hybridized carbons (Fsp3) is 0.190. The topological polar surface area (TPSA) is 84.3 Å². The van der Waals surface area contributed by atoms with Gasteiger partial charge in [0.25, 0.3) is 0 Å². The number of aromatic carboxylic acids is 1. The Labute approximate surface area is 167 Å². The number of carboxylic acids is 1. The summed E-state index contributed by atoms with van der Waals surface area (Å²) in [7, 11) is 1.45. The van der Waals surface area contributed by atoms with Gasteiger partial charge in [0.1, 0.15) is 17.1 Å². The molecule has 0 unspecified atom stereocenters. The molecular weight excluding hydrogens is 374 g/mol. The van der Waals surface area contributed by atoms with Crippen LogP contribution in [0.3, 0.4) is 0 Å². The molecule has 2 aromatic heterocycles. The Kier molecular flexibility index (Phi) is 6.06. The van der Waals surface area contributed by atoms with E-state index in [4.69, 9.17) is 14.7 Å². The van der Waals surface area contributed by atoms with Gasteiger partial charge < -0.3 is 15.2 Å². The number of ether oxygens (including phenoxy) is 1. The van der Waals surface area contributed by atoms with Crippen molar-refractivity contribution in [1.29, 1.82) is 0 Å². The fourth-order valence-corrected chi connectivity index (χ4v) is 3.54. The maximum absolute atomic E-state index is 11.3. The second-order valence-corrected chi connectivity index (χ2v) is 6.94. The van der Waals surface area contributed by atoms with Crippen LogP contribution in [0.5, 0.6) is 5.75 Å². The van der Waals surface area contributed by atoms with E-state index in [9.17, 15) is 9.90 Å². The second-order valence-electron chi connectivity index (χ2n) is 5.99. The number of methoxy groups -OCH3 is 1. The summed E-state index contributed by atoms with van der Waals surface area (Å²) in [6.45, 7) is 5.90. The van der Waals surface area contributed by atoms with Crippen molar-refractivity contribution in [3.05, 3.63) is 65.2 Å². The molecule has 0 aliphatic rings. The molecule has 0 radical (unpaired) electrons. The summed E-state index contributed by atoms with van der Waals surface area (Å²) in [5.41, 5.74) is 2.72. The standard InChI is InChI=1S/C21H21N3O3S/c1-4-7-14-16(5-2)23-20(18-8-6-11-28-18)24-19(14)22-13-9-10-15(21(25)26)17(12-13)27-3/h4,6,8-12H,1,5,7H2,2-3H3,(H,25,26)(H,22,23,24). The number of carbonyl (C=O) groups is 1. The van der Waals surface area contributed by atoms with Gasteiger partial charge in [0.05, 0.1) is 12.0 Å². The van der Waals surface area contributed by atoms with Gasteiger partial charge in [-0.3, -0.25) is 0 Å². The van der Waals surface area contributed by atoms with Crippen LogP contribution < -0.4 is 10.1 Å². The Bertz CT molecular complexity index is 1000. The molecule has 0 spiro atoms. The minimum atomic E-state index is -1.04. The lowest BCUT2D eigenvalue weighted by molar-refractivity contribution is 0.0693. The molecule has 2 heterocycles. The summed E-state index contributed by atoms with van der Waals surface area (Å²) in [5.74, 6) is 0.591. The van der Waals surface area contributed by atoms with E-state index in [-0.39, 0.29) is 11.3 Å². The molecule has 0 saturated carbocycles. The van der Waals surface area contributed by atoms with Gasteiger partial charge in [-0.2, -0.15) is 0 Å². The highest BCUT2D eigenvalue weighted by atomic mass is 32.1. The number of aromatic nitrogens is 2. The van der Waals surface area contributed by atoms with Crippen molar-refractivity contribution < 1.29 is 14.6 Å². The maximum atomic E-state index is 11.3. The molecule has 144 valence electrons. The van der Waals surface area contributed by atoms with Crippen molar-refractivity contribution in [3.8, 4) is 16.5 Å². The van der Waals surface area contributed by atoms with Gasteiger partial charge in [-0.1, -0.05) is 19.1 Å². The minimum Gasteiger partial charge on any atom is -0.496 e. The number of thiophene rings is 1. The van der Waals surface area contributed by atoms with Crippen molar-refractivity contribution >= 4 is 28.8 Å². The molecule has 3 rings (SSSR count). The highest BCUT2D eigenvalue weighted by Crippen LogP contribution is 2.30. The second kappa shape index (κ2) is 8.67. The van der Waals surface area contributed by atoms with Crippen LogP contribution in [0, 0.1) is 0 Å². The number of nitrogens with zero attached hydrogens (tertiary/aromatic N) is 2. The SMILES string of the molecule is C=CCc1c(CC)nc(-c2cccs2)nc1Nc1ccc(C(=O)O)c(OC)c1. The number of allylic oxidation sites excluding steroid dienone is 1. The first-order valence-corrected chi connectivity index (χ1v) is 9.68. The summed E-state index contributed by atoms with van der Waals surface area (Å²) >= 11 is 1.58. The van der Waals surface area contributed by atoms with Gasteiger partial charge in [0.2, 0.25) is 0 Å². The van der Waals surface area contributed by atoms with Gasteiger partial charge in [-0.15, -0.1) is 17.9 Å². The molecule has 2 N–H and O–H groups in total. The minimum absolute atomic E-state index is 0.107. The van der Waals surface area contributed by atoms with Crippen LogP contribution in [0.25, 0.3) is 10.7 Å². The number of carboxylic acid groups (broad SMARTS) is 1. The summed E-state index contributed by atoms with van der Waals surface area (Å²) in [5, 5.41) is 14.6. The Morgan fingerprint density at radius 3 is 2.79 bits per heavy atom. The zero-order chi connectivity index (χ0) is 20.1. The fourth-order valence-electron chi connectivity index (χ4n) is 2.88. The normalized spacial score (nSPS) is 10.5. The van der Waals surface area contributed by atoms with Crippen molar-refractivity contribution in [2.75, 3.05) is 12.4 Å². The van der Waals surface area contributed by atoms with Gasteiger partial charge in [-0.05, 0) is 36.4 Å². The third-order valence-corrected chi connectivity index (χ3v) is 5.08.